The van der Waals surface area contributed by atoms with Crippen molar-refractivity contribution < 1.29 is 24.2 Å². The maximum absolute atomic E-state index is 10.8. The van der Waals surface area contributed by atoms with Crippen LogP contribution in [0, 0.1) is 0 Å². The summed E-state index contributed by atoms with van der Waals surface area (Å²) in [4.78, 5) is 21.4. The molecule has 0 rings (SSSR count). The molecule has 0 aromatic heterocycles. The van der Waals surface area contributed by atoms with Crippen molar-refractivity contribution in [1.29, 1.82) is 0 Å². The summed E-state index contributed by atoms with van der Waals surface area (Å²) in [7, 11) is 2.26. The topological polar surface area (TPSA) is 72.8 Å². The first-order valence-electron chi connectivity index (χ1n) is 3.00. The van der Waals surface area contributed by atoms with Crippen LogP contribution in [0.5, 0.6) is 0 Å². The Kier molecular flexibility index (Phi) is 4.19. The van der Waals surface area contributed by atoms with E-state index in [2.05, 4.69) is 25.4 Å². The molecule has 0 aromatic rings. The number of methoxy groups -OCH3 is 2. The van der Waals surface area contributed by atoms with Gasteiger partial charge in [-0.3, -0.25) is 4.79 Å². The predicted molar refractivity (Wildman–Crippen MR) is 42.5 cm³/mol. The molecular weight excluding hydrogens is 232 g/mol. The van der Waals surface area contributed by atoms with E-state index in [1.54, 1.807) is 0 Å². The molecule has 70 valence electrons. The van der Waals surface area contributed by atoms with Gasteiger partial charge in [0.1, 0.15) is 0 Å². The largest absolute Gasteiger partial charge is 0.469 e. The van der Waals surface area contributed by atoms with Gasteiger partial charge in [0, 0.05) is 0 Å². The Morgan fingerprint density at radius 1 is 1.42 bits per heavy atom. The summed E-state index contributed by atoms with van der Waals surface area (Å²) in [6.45, 7) is 0. The monoisotopic (exact) mass is 240 g/mol. The Morgan fingerprint density at radius 2 is 1.92 bits per heavy atom. The highest BCUT2D eigenvalue weighted by Gasteiger charge is 2.37. The third kappa shape index (κ3) is 3.19. The molecule has 0 bridgehead atoms. The molecule has 0 aromatic carbocycles. The van der Waals surface area contributed by atoms with Gasteiger partial charge in [0.25, 0.3) is 0 Å². The first-order chi connectivity index (χ1) is 5.44. The summed E-state index contributed by atoms with van der Waals surface area (Å²) in [5.74, 6) is -1.65. The average Bonchev–Trinajstić information content (AvgIpc) is 2.02. The molecule has 1 N–H and O–H groups in total. The Hall–Kier alpha value is -0.620. The predicted octanol–water partition coefficient (Wildman–Crippen LogP) is -0.194. The van der Waals surface area contributed by atoms with E-state index >= 15 is 0 Å². The molecule has 1 unspecified atom stereocenters. The Labute approximate surface area is 77.8 Å². The number of ether oxygens (including phenoxy) is 2. The van der Waals surface area contributed by atoms with Crippen molar-refractivity contribution >= 4 is 27.9 Å². The highest BCUT2D eigenvalue weighted by molar-refractivity contribution is 9.10. The molecule has 0 aliphatic heterocycles. The number of halogens is 1. The van der Waals surface area contributed by atoms with Crippen LogP contribution in [0.4, 0.5) is 0 Å². The summed E-state index contributed by atoms with van der Waals surface area (Å²) in [5.41, 5.74) is 0. The minimum Gasteiger partial charge on any atom is -0.469 e. The number of rotatable bonds is 3. The van der Waals surface area contributed by atoms with Crippen LogP contribution in [0.1, 0.15) is 6.42 Å². The van der Waals surface area contributed by atoms with Gasteiger partial charge in [-0.1, -0.05) is 0 Å². The van der Waals surface area contributed by atoms with Crippen LogP contribution in [0.3, 0.4) is 0 Å². The molecule has 0 saturated heterocycles. The third-order valence-electron chi connectivity index (χ3n) is 1.10. The van der Waals surface area contributed by atoms with Crippen molar-refractivity contribution in [2.45, 2.75) is 10.9 Å². The van der Waals surface area contributed by atoms with E-state index in [-0.39, 0.29) is 0 Å². The van der Waals surface area contributed by atoms with E-state index in [0.29, 0.717) is 0 Å². The summed E-state index contributed by atoms with van der Waals surface area (Å²) >= 11 is 2.63. The summed E-state index contributed by atoms with van der Waals surface area (Å²) in [5, 5.41) is 9.23. The zero-order chi connectivity index (χ0) is 9.78. The summed E-state index contributed by atoms with van der Waals surface area (Å²) < 4.78 is 6.47. The first kappa shape index (κ1) is 11.4. The second-order valence-electron chi connectivity index (χ2n) is 2.00. The van der Waals surface area contributed by atoms with Gasteiger partial charge in [-0.05, 0) is 15.9 Å². The lowest BCUT2D eigenvalue weighted by Gasteiger charge is -2.15. The normalized spacial score (nSPS) is 14.7. The second-order valence-corrected chi connectivity index (χ2v) is 3.32. The molecule has 0 aliphatic carbocycles. The van der Waals surface area contributed by atoms with Gasteiger partial charge in [0.05, 0.1) is 20.6 Å². The maximum atomic E-state index is 10.8. The molecule has 5 nitrogen and oxygen atoms in total. The first-order valence-corrected chi connectivity index (χ1v) is 3.80. The lowest BCUT2D eigenvalue weighted by molar-refractivity contribution is -0.159. The summed E-state index contributed by atoms with van der Waals surface area (Å²) in [6, 6.07) is 0. The number of esters is 2. The SMILES string of the molecule is COC(=O)CC(O)(Br)C(=O)OC. The molecule has 0 aliphatic rings. The van der Waals surface area contributed by atoms with E-state index in [1.165, 1.54) is 0 Å². The Balaban J connectivity index is 4.21. The molecule has 0 fully saturated rings. The fourth-order valence-corrected chi connectivity index (χ4v) is 0.883. The van der Waals surface area contributed by atoms with Crippen LogP contribution in [0.2, 0.25) is 0 Å². The fourth-order valence-electron chi connectivity index (χ4n) is 0.492. The summed E-state index contributed by atoms with van der Waals surface area (Å²) in [6.07, 6.45) is -0.490. The molecule has 0 radical (unpaired) electrons. The Morgan fingerprint density at radius 3 is 2.25 bits per heavy atom. The van der Waals surface area contributed by atoms with Crippen molar-refractivity contribution in [2.75, 3.05) is 14.2 Å². The molecule has 0 saturated carbocycles. The van der Waals surface area contributed by atoms with Gasteiger partial charge in [0.2, 0.25) is 4.51 Å². The number of hydrogen-bond acceptors (Lipinski definition) is 5. The van der Waals surface area contributed by atoms with Crippen LogP contribution < -0.4 is 0 Å². The van der Waals surface area contributed by atoms with E-state index < -0.39 is 22.9 Å². The van der Waals surface area contributed by atoms with Crippen LogP contribution >= 0.6 is 15.9 Å². The number of alkyl halides is 1. The van der Waals surface area contributed by atoms with Crippen LogP contribution in [0.15, 0.2) is 0 Å². The van der Waals surface area contributed by atoms with Gasteiger partial charge in [-0.15, -0.1) is 0 Å². The van der Waals surface area contributed by atoms with E-state index in [9.17, 15) is 14.7 Å². The molecule has 12 heavy (non-hydrogen) atoms. The van der Waals surface area contributed by atoms with Gasteiger partial charge in [0.15, 0.2) is 0 Å². The van der Waals surface area contributed by atoms with Crippen molar-refractivity contribution in [3.05, 3.63) is 0 Å². The number of carbonyl (C=O) groups excluding carboxylic acids is 2. The van der Waals surface area contributed by atoms with Gasteiger partial charge in [-0.2, -0.15) is 0 Å². The van der Waals surface area contributed by atoms with Crippen molar-refractivity contribution in [1.82, 2.24) is 0 Å². The molecule has 0 amide bonds. The van der Waals surface area contributed by atoms with Gasteiger partial charge < -0.3 is 14.6 Å². The van der Waals surface area contributed by atoms with Gasteiger partial charge >= 0.3 is 11.9 Å². The lowest BCUT2D eigenvalue weighted by Crippen LogP contribution is -2.35. The molecular formula is C6H9BrO5. The van der Waals surface area contributed by atoms with Crippen molar-refractivity contribution in [3.63, 3.8) is 0 Å². The minimum absolute atomic E-state index is 0.490. The lowest BCUT2D eigenvalue weighted by atomic mass is 10.2. The van der Waals surface area contributed by atoms with Crippen LogP contribution in [0.25, 0.3) is 0 Å². The average molecular weight is 241 g/mol. The smallest absolute Gasteiger partial charge is 0.349 e. The number of hydrogen-bond donors (Lipinski definition) is 1. The van der Waals surface area contributed by atoms with Crippen molar-refractivity contribution in [2.24, 2.45) is 0 Å². The van der Waals surface area contributed by atoms with E-state index in [1.807, 2.05) is 0 Å². The molecule has 6 heteroatoms. The van der Waals surface area contributed by atoms with E-state index in [0.717, 1.165) is 14.2 Å². The zero-order valence-electron chi connectivity index (χ0n) is 6.67. The van der Waals surface area contributed by atoms with Gasteiger partial charge in [-0.25, -0.2) is 4.79 Å². The standard InChI is InChI=1S/C6H9BrO5/c1-11-4(8)3-6(7,10)5(9)12-2/h10H,3H2,1-2H3. The van der Waals surface area contributed by atoms with Crippen molar-refractivity contribution in [3.8, 4) is 0 Å². The Bertz CT molecular complexity index is 188. The quantitative estimate of drug-likeness (QED) is 0.547. The minimum atomic E-state index is -1.99. The molecule has 0 spiro atoms. The number of carbonyl (C=O) groups is 2. The molecule has 0 heterocycles. The zero-order valence-corrected chi connectivity index (χ0v) is 8.25. The highest BCUT2D eigenvalue weighted by atomic mass is 79.9. The third-order valence-corrected chi connectivity index (χ3v) is 1.71. The van der Waals surface area contributed by atoms with Crippen LogP contribution in [-0.4, -0.2) is 35.8 Å². The highest BCUT2D eigenvalue weighted by Crippen LogP contribution is 2.20. The van der Waals surface area contributed by atoms with Crippen LogP contribution in [-0.2, 0) is 19.1 Å². The maximum Gasteiger partial charge on any atom is 0.349 e. The van der Waals surface area contributed by atoms with E-state index in [4.69, 9.17) is 0 Å². The second kappa shape index (κ2) is 4.42. The fraction of sp³-hybridized carbons (Fsp3) is 0.667. The molecule has 1 atom stereocenters. The number of aliphatic hydroxyl groups is 1.